The molecule has 112 valence electrons. The van der Waals surface area contributed by atoms with Gasteiger partial charge in [-0.25, -0.2) is 13.1 Å². The summed E-state index contributed by atoms with van der Waals surface area (Å²) in [7, 11) is -2.23. The average Bonchev–Trinajstić information content (AvgIpc) is 2.48. The van der Waals surface area contributed by atoms with Crippen molar-refractivity contribution in [2.75, 3.05) is 19.4 Å². The molecule has 0 aliphatic heterocycles. The van der Waals surface area contributed by atoms with Gasteiger partial charge in [-0.1, -0.05) is 30.3 Å². The van der Waals surface area contributed by atoms with Crippen LogP contribution in [0.3, 0.4) is 0 Å². The van der Waals surface area contributed by atoms with Crippen molar-refractivity contribution >= 4 is 15.7 Å². The number of methoxy groups -OCH3 is 1. The van der Waals surface area contributed by atoms with Crippen molar-refractivity contribution < 1.29 is 13.2 Å². The monoisotopic (exact) mass is 306 g/mol. The van der Waals surface area contributed by atoms with Crippen LogP contribution in [-0.2, 0) is 16.4 Å². The number of benzene rings is 2. The predicted molar refractivity (Wildman–Crippen MR) is 82.7 cm³/mol. The Hall–Kier alpha value is -2.05. The van der Waals surface area contributed by atoms with Gasteiger partial charge in [-0.05, 0) is 30.2 Å². The van der Waals surface area contributed by atoms with E-state index in [1.807, 2.05) is 30.3 Å². The number of hydrogen-bond acceptors (Lipinski definition) is 4. The Balaban J connectivity index is 2.10. The van der Waals surface area contributed by atoms with Crippen LogP contribution in [0.15, 0.2) is 53.4 Å². The second kappa shape index (κ2) is 6.60. The third-order valence-corrected chi connectivity index (χ3v) is 4.51. The second-order valence-corrected chi connectivity index (χ2v) is 6.28. The van der Waals surface area contributed by atoms with Gasteiger partial charge in [0.1, 0.15) is 10.6 Å². The molecule has 0 heterocycles. The number of nitrogens with two attached hydrogens (primary N) is 1. The van der Waals surface area contributed by atoms with Crippen LogP contribution in [0.1, 0.15) is 5.56 Å². The molecule has 0 aromatic heterocycles. The Morgan fingerprint density at radius 3 is 2.52 bits per heavy atom. The molecule has 0 unspecified atom stereocenters. The van der Waals surface area contributed by atoms with E-state index in [-0.39, 0.29) is 10.6 Å². The molecule has 0 saturated carbocycles. The minimum atomic E-state index is -3.65. The molecule has 0 fully saturated rings. The topological polar surface area (TPSA) is 81.4 Å². The van der Waals surface area contributed by atoms with E-state index >= 15 is 0 Å². The summed E-state index contributed by atoms with van der Waals surface area (Å²) in [6.45, 7) is 0.310. The van der Waals surface area contributed by atoms with Gasteiger partial charge in [-0.3, -0.25) is 0 Å². The molecule has 0 saturated heterocycles. The van der Waals surface area contributed by atoms with E-state index in [1.165, 1.54) is 13.2 Å². The molecule has 0 aliphatic rings. The summed E-state index contributed by atoms with van der Waals surface area (Å²) in [4.78, 5) is 0.0538. The zero-order chi connectivity index (χ0) is 15.3. The van der Waals surface area contributed by atoms with Gasteiger partial charge in [0.25, 0.3) is 0 Å². The number of sulfonamides is 1. The van der Waals surface area contributed by atoms with Gasteiger partial charge in [0.05, 0.1) is 7.11 Å². The van der Waals surface area contributed by atoms with Crippen LogP contribution in [0.25, 0.3) is 0 Å². The maximum atomic E-state index is 12.3. The van der Waals surface area contributed by atoms with Gasteiger partial charge in [0.2, 0.25) is 10.0 Å². The molecule has 5 nitrogen and oxygen atoms in total. The molecule has 0 amide bonds. The van der Waals surface area contributed by atoms with E-state index in [0.717, 1.165) is 5.56 Å². The first-order valence-corrected chi connectivity index (χ1v) is 7.98. The number of nitrogens with one attached hydrogen (secondary N) is 1. The van der Waals surface area contributed by atoms with Crippen molar-refractivity contribution in [3.8, 4) is 5.75 Å². The zero-order valence-electron chi connectivity index (χ0n) is 11.7. The van der Waals surface area contributed by atoms with E-state index in [1.54, 1.807) is 12.1 Å². The first-order valence-electron chi connectivity index (χ1n) is 6.50. The predicted octanol–water partition coefficient (Wildman–Crippen LogP) is 1.80. The minimum Gasteiger partial charge on any atom is -0.495 e. The molecule has 2 aromatic carbocycles. The van der Waals surface area contributed by atoms with Crippen molar-refractivity contribution in [1.82, 2.24) is 4.72 Å². The van der Waals surface area contributed by atoms with Gasteiger partial charge in [0, 0.05) is 12.2 Å². The van der Waals surface area contributed by atoms with Crippen LogP contribution in [0.5, 0.6) is 5.75 Å². The SMILES string of the molecule is COc1ccc(N)cc1S(=O)(=O)NCCc1ccccc1. The van der Waals surface area contributed by atoms with E-state index in [4.69, 9.17) is 10.5 Å². The van der Waals surface area contributed by atoms with Crippen LogP contribution in [-0.4, -0.2) is 22.1 Å². The smallest absolute Gasteiger partial charge is 0.244 e. The highest BCUT2D eigenvalue weighted by Crippen LogP contribution is 2.25. The van der Waals surface area contributed by atoms with E-state index < -0.39 is 10.0 Å². The first kappa shape index (κ1) is 15.3. The zero-order valence-corrected chi connectivity index (χ0v) is 12.6. The lowest BCUT2D eigenvalue weighted by atomic mass is 10.2. The van der Waals surface area contributed by atoms with Crippen LogP contribution in [0, 0.1) is 0 Å². The Bertz CT molecular complexity index is 700. The highest BCUT2D eigenvalue weighted by Gasteiger charge is 2.19. The van der Waals surface area contributed by atoms with Crippen LogP contribution >= 0.6 is 0 Å². The lowest BCUT2D eigenvalue weighted by Gasteiger charge is -2.11. The number of nitrogen functional groups attached to an aromatic ring is 1. The summed E-state index contributed by atoms with van der Waals surface area (Å²) < 4.78 is 32.3. The summed E-state index contributed by atoms with van der Waals surface area (Å²) in [6, 6.07) is 14.2. The summed E-state index contributed by atoms with van der Waals surface area (Å²) in [6.07, 6.45) is 0.616. The van der Waals surface area contributed by atoms with Crippen molar-refractivity contribution in [1.29, 1.82) is 0 Å². The Labute approximate surface area is 124 Å². The molecule has 0 radical (unpaired) electrons. The maximum Gasteiger partial charge on any atom is 0.244 e. The second-order valence-electron chi connectivity index (χ2n) is 4.54. The molecule has 0 atom stereocenters. The lowest BCUT2D eigenvalue weighted by Crippen LogP contribution is -2.26. The van der Waals surface area contributed by atoms with Gasteiger partial charge in [-0.15, -0.1) is 0 Å². The molecular weight excluding hydrogens is 288 g/mol. The molecular formula is C15H18N2O3S. The average molecular weight is 306 g/mol. The van der Waals surface area contributed by atoms with Crippen molar-refractivity contribution in [2.24, 2.45) is 0 Å². The van der Waals surface area contributed by atoms with Crippen LogP contribution in [0.2, 0.25) is 0 Å². The summed E-state index contributed by atoms with van der Waals surface area (Å²) in [5.74, 6) is 0.274. The molecule has 2 rings (SSSR count). The summed E-state index contributed by atoms with van der Waals surface area (Å²) in [5, 5.41) is 0. The highest BCUT2D eigenvalue weighted by molar-refractivity contribution is 7.89. The number of rotatable bonds is 6. The van der Waals surface area contributed by atoms with Crippen LogP contribution in [0.4, 0.5) is 5.69 Å². The summed E-state index contributed by atoms with van der Waals surface area (Å²) >= 11 is 0. The third kappa shape index (κ3) is 3.96. The maximum absolute atomic E-state index is 12.3. The fourth-order valence-corrected chi connectivity index (χ4v) is 3.19. The van der Waals surface area contributed by atoms with Crippen LogP contribution < -0.4 is 15.2 Å². The van der Waals surface area contributed by atoms with Gasteiger partial charge in [0.15, 0.2) is 0 Å². The third-order valence-electron chi connectivity index (χ3n) is 3.03. The van der Waals surface area contributed by atoms with Gasteiger partial charge in [-0.2, -0.15) is 0 Å². The number of ether oxygens (including phenoxy) is 1. The van der Waals surface area contributed by atoms with Crippen molar-refractivity contribution in [3.05, 3.63) is 54.1 Å². The van der Waals surface area contributed by atoms with Gasteiger partial charge < -0.3 is 10.5 Å². The number of anilines is 1. The fourth-order valence-electron chi connectivity index (χ4n) is 1.96. The minimum absolute atomic E-state index is 0.0538. The van der Waals surface area contributed by atoms with Gasteiger partial charge >= 0.3 is 0 Å². The van der Waals surface area contributed by atoms with E-state index in [9.17, 15) is 8.42 Å². The molecule has 0 spiro atoms. The molecule has 6 heteroatoms. The normalized spacial score (nSPS) is 11.3. The standard InChI is InChI=1S/C15H18N2O3S/c1-20-14-8-7-13(16)11-15(14)21(18,19)17-10-9-12-5-3-2-4-6-12/h2-8,11,17H,9-10,16H2,1H3. The van der Waals surface area contributed by atoms with E-state index in [0.29, 0.717) is 18.7 Å². The molecule has 0 bridgehead atoms. The summed E-state index contributed by atoms with van der Waals surface area (Å²) in [5.41, 5.74) is 7.09. The Morgan fingerprint density at radius 1 is 1.14 bits per heavy atom. The molecule has 21 heavy (non-hydrogen) atoms. The Kier molecular flexibility index (Phi) is 4.82. The quantitative estimate of drug-likeness (QED) is 0.797. The first-order chi connectivity index (χ1) is 10.0. The fraction of sp³-hybridized carbons (Fsp3) is 0.200. The molecule has 3 N–H and O–H groups in total. The molecule has 2 aromatic rings. The van der Waals surface area contributed by atoms with E-state index in [2.05, 4.69) is 4.72 Å². The van der Waals surface area contributed by atoms with Crippen molar-refractivity contribution in [2.45, 2.75) is 11.3 Å². The Morgan fingerprint density at radius 2 is 1.86 bits per heavy atom. The number of hydrogen-bond donors (Lipinski definition) is 2. The lowest BCUT2D eigenvalue weighted by molar-refractivity contribution is 0.402. The van der Waals surface area contributed by atoms with Crippen molar-refractivity contribution in [3.63, 3.8) is 0 Å². The highest BCUT2D eigenvalue weighted by atomic mass is 32.2. The largest absolute Gasteiger partial charge is 0.495 e. The molecule has 0 aliphatic carbocycles.